The standard InChI is InChI=1S/C17H22N4O4S/c1-17(2,3)15-11(5-4-7-20(15)16(22)23)19-13-12(21(24)25)9-18-10-6-8-26-14(10)13/h6,8-9,11,15H,4-5,7H2,1-3H3,(H,18,19)(H,22,23)/t11-,15?/m0/s1. The quantitative estimate of drug-likeness (QED) is 0.613. The normalized spacial score (nSPS) is 21.0. The van der Waals surface area contributed by atoms with E-state index in [0.29, 0.717) is 24.2 Å². The van der Waals surface area contributed by atoms with Gasteiger partial charge in [-0.2, -0.15) is 0 Å². The first-order valence-electron chi connectivity index (χ1n) is 8.47. The Morgan fingerprint density at radius 1 is 1.50 bits per heavy atom. The van der Waals surface area contributed by atoms with Gasteiger partial charge in [0.05, 0.1) is 21.2 Å². The monoisotopic (exact) mass is 378 g/mol. The third-order valence-electron chi connectivity index (χ3n) is 4.74. The van der Waals surface area contributed by atoms with Gasteiger partial charge in [0.2, 0.25) is 0 Å². The average Bonchev–Trinajstić information content (AvgIpc) is 3.02. The van der Waals surface area contributed by atoms with Gasteiger partial charge >= 0.3 is 11.8 Å². The Morgan fingerprint density at radius 3 is 2.85 bits per heavy atom. The molecule has 0 radical (unpaired) electrons. The largest absolute Gasteiger partial charge is 0.465 e. The molecule has 0 aromatic carbocycles. The molecule has 1 amide bonds. The summed E-state index contributed by atoms with van der Waals surface area (Å²) >= 11 is 1.39. The van der Waals surface area contributed by atoms with Gasteiger partial charge in [-0.15, -0.1) is 11.3 Å². The Kier molecular flexibility index (Phi) is 4.74. The molecule has 1 saturated heterocycles. The van der Waals surface area contributed by atoms with Crippen LogP contribution in [0.4, 0.5) is 16.2 Å². The topological polar surface area (TPSA) is 109 Å². The number of hydrogen-bond acceptors (Lipinski definition) is 6. The van der Waals surface area contributed by atoms with Crippen molar-refractivity contribution >= 4 is 39.0 Å². The van der Waals surface area contributed by atoms with Crippen molar-refractivity contribution in [1.82, 2.24) is 9.88 Å². The highest BCUT2D eigenvalue weighted by Gasteiger charge is 2.42. The lowest BCUT2D eigenvalue weighted by molar-refractivity contribution is -0.384. The van der Waals surface area contributed by atoms with Crippen molar-refractivity contribution in [2.24, 2.45) is 5.41 Å². The Morgan fingerprint density at radius 2 is 2.23 bits per heavy atom. The lowest BCUT2D eigenvalue weighted by Gasteiger charge is -2.47. The second-order valence-corrected chi connectivity index (χ2v) is 8.51. The Hall–Kier alpha value is -2.42. The molecule has 1 aliphatic heterocycles. The Bertz CT molecular complexity index is 845. The molecule has 0 saturated carbocycles. The van der Waals surface area contributed by atoms with E-state index in [1.165, 1.54) is 22.4 Å². The van der Waals surface area contributed by atoms with Gasteiger partial charge in [0, 0.05) is 12.6 Å². The third kappa shape index (κ3) is 3.31. The summed E-state index contributed by atoms with van der Waals surface area (Å²) in [5.41, 5.74) is 0.732. The molecule has 2 aromatic heterocycles. The number of thiophene rings is 1. The van der Waals surface area contributed by atoms with Crippen molar-refractivity contribution in [1.29, 1.82) is 0 Å². The molecule has 1 fully saturated rings. The average molecular weight is 378 g/mol. The number of nitro groups is 1. The number of pyridine rings is 1. The van der Waals surface area contributed by atoms with Crippen LogP contribution in [0.15, 0.2) is 17.6 Å². The molecular formula is C17H22N4O4S. The molecule has 2 N–H and O–H groups in total. The van der Waals surface area contributed by atoms with Gasteiger partial charge in [0.15, 0.2) is 0 Å². The molecule has 1 unspecified atom stereocenters. The first-order chi connectivity index (χ1) is 12.2. The van der Waals surface area contributed by atoms with Crippen LogP contribution in [-0.4, -0.2) is 44.6 Å². The number of carboxylic acid groups (broad SMARTS) is 1. The minimum atomic E-state index is -0.957. The van der Waals surface area contributed by atoms with E-state index >= 15 is 0 Å². The maximum absolute atomic E-state index is 11.7. The molecule has 3 heterocycles. The van der Waals surface area contributed by atoms with Crippen molar-refractivity contribution in [2.75, 3.05) is 11.9 Å². The fraction of sp³-hybridized carbons (Fsp3) is 0.529. The molecule has 140 valence electrons. The summed E-state index contributed by atoms with van der Waals surface area (Å²) < 4.78 is 0.722. The Labute approximate surface area is 155 Å². The summed E-state index contributed by atoms with van der Waals surface area (Å²) in [6.45, 7) is 6.46. The maximum Gasteiger partial charge on any atom is 0.407 e. The first-order valence-corrected chi connectivity index (χ1v) is 9.35. The van der Waals surface area contributed by atoms with Crippen molar-refractivity contribution in [3.8, 4) is 0 Å². The van der Waals surface area contributed by atoms with Gasteiger partial charge in [0.25, 0.3) is 0 Å². The van der Waals surface area contributed by atoms with E-state index in [1.54, 1.807) is 0 Å². The number of hydrogen-bond donors (Lipinski definition) is 2. The highest BCUT2D eigenvalue weighted by Crippen LogP contribution is 2.39. The van der Waals surface area contributed by atoms with E-state index in [0.717, 1.165) is 11.1 Å². The van der Waals surface area contributed by atoms with E-state index in [9.17, 15) is 20.0 Å². The smallest absolute Gasteiger partial charge is 0.407 e. The number of piperidine rings is 1. The highest BCUT2D eigenvalue weighted by atomic mass is 32.1. The van der Waals surface area contributed by atoms with Gasteiger partial charge in [-0.05, 0) is 29.7 Å². The molecule has 8 nitrogen and oxygen atoms in total. The van der Waals surface area contributed by atoms with Crippen molar-refractivity contribution in [2.45, 2.75) is 45.7 Å². The lowest BCUT2D eigenvalue weighted by Crippen LogP contribution is -2.58. The summed E-state index contributed by atoms with van der Waals surface area (Å²) in [6, 6.07) is 1.31. The fourth-order valence-corrected chi connectivity index (χ4v) is 4.65. The number of carbonyl (C=O) groups is 1. The van der Waals surface area contributed by atoms with E-state index in [4.69, 9.17) is 0 Å². The van der Waals surface area contributed by atoms with Gasteiger partial charge in [0.1, 0.15) is 11.9 Å². The van der Waals surface area contributed by atoms with E-state index < -0.39 is 11.0 Å². The van der Waals surface area contributed by atoms with Crippen molar-refractivity contribution in [3.05, 3.63) is 27.8 Å². The zero-order valence-corrected chi connectivity index (χ0v) is 15.7. The summed E-state index contributed by atoms with van der Waals surface area (Å²) in [4.78, 5) is 28.4. The minimum Gasteiger partial charge on any atom is -0.465 e. The molecule has 2 atom stereocenters. The predicted octanol–water partition coefficient (Wildman–Crippen LogP) is 4.17. The van der Waals surface area contributed by atoms with Crippen LogP contribution >= 0.6 is 11.3 Å². The van der Waals surface area contributed by atoms with Crippen LogP contribution in [0, 0.1) is 15.5 Å². The van der Waals surface area contributed by atoms with Crippen LogP contribution in [0.2, 0.25) is 0 Å². The zero-order valence-electron chi connectivity index (χ0n) is 14.9. The number of amides is 1. The van der Waals surface area contributed by atoms with Crippen LogP contribution in [0.25, 0.3) is 10.2 Å². The van der Waals surface area contributed by atoms with Crippen molar-refractivity contribution in [3.63, 3.8) is 0 Å². The van der Waals surface area contributed by atoms with Crippen LogP contribution in [0.5, 0.6) is 0 Å². The van der Waals surface area contributed by atoms with Crippen LogP contribution in [0.1, 0.15) is 33.6 Å². The number of fused-ring (bicyclic) bond motifs is 1. The number of nitrogens with one attached hydrogen (secondary N) is 1. The van der Waals surface area contributed by atoms with Gasteiger partial charge < -0.3 is 15.3 Å². The second-order valence-electron chi connectivity index (χ2n) is 7.59. The molecule has 3 rings (SSSR count). The number of aromatic nitrogens is 1. The van der Waals surface area contributed by atoms with E-state index in [-0.39, 0.29) is 23.2 Å². The van der Waals surface area contributed by atoms with Gasteiger partial charge in [-0.1, -0.05) is 20.8 Å². The third-order valence-corrected chi connectivity index (χ3v) is 5.67. The summed E-state index contributed by atoms with van der Waals surface area (Å²) in [5, 5.41) is 26.3. The highest BCUT2D eigenvalue weighted by molar-refractivity contribution is 7.17. The van der Waals surface area contributed by atoms with E-state index in [2.05, 4.69) is 10.3 Å². The first kappa shape index (κ1) is 18.4. The number of anilines is 1. The van der Waals surface area contributed by atoms with Crippen LogP contribution < -0.4 is 5.32 Å². The van der Waals surface area contributed by atoms with Gasteiger partial charge in [-0.25, -0.2) is 9.78 Å². The number of likely N-dealkylation sites (tertiary alicyclic amines) is 1. The zero-order chi connectivity index (χ0) is 19.1. The molecule has 1 aliphatic rings. The molecule has 26 heavy (non-hydrogen) atoms. The lowest BCUT2D eigenvalue weighted by atomic mass is 9.77. The van der Waals surface area contributed by atoms with Crippen molar-refractivity contribution < 1.29 is 14.8 Å². The molecule has 0 bridgehead atoms. The predicted molar refractivity (Wildman–Crippen MR) is 101 cm³/mol. The van der Waals surface area contributed by atoms with Gasteiger partial charge in [-0.3, -0.25) is 10.1 Å². The number of rotatable bonds is 3. The molecule has 0 spiro atoms. The van der Waals surface area contributed by atoms with E-state index in [1.807, 2.05) is 32.2 Å². The second kappa shape index (κ2) is 6.71. The Balaban J connectivity index is 2.05. The molecule has 2 aromatic rings. The van der Waals surface area contributed by atoms with Crippen LogP contribution in [-0.2, 0) is 0 Å². The fourth-order valence-electron chi connectivity index (χ4n) is 3.80. The number of nitrogens with zero attached hydrogens (tertiary/aromatic N) is 3. The minimum absolute atomic E-state index is 0.0833. The SMILES string of the molecule is CC(C)(C)C1[C@@H](Nc2c([N+](=O)[O-])cnc3ccsc23)CCCN1C(=O)O. The summed E-state index contributed by atoms with van der Waals surface area (Å²) in [7, 11) is 0. The van der Waals surface area contributed by atoms with Crippen LogP contribution in [0.3, 0.4) is 0 Å². The summed E-state index contributed by atoms with van der Waals surface area (Å²) in [5.74, 6) is 0. The molecule has 0 aliphatic carbocycles. The summed E-state index contributed by atoms with van der Waals surface area (Å²) in [6.07, 6.45) is 1.77. The molecular weight excluding hydrogens is 356 g/mol. The maximum atomic E-state index is 11.7. The molecule has 9 heteroatoms.